The Morgan fingerprint density at radius 1 is 1.15 bits per heavy atom. The minimum Gasteiger partial charge on any atom is -0.494 e. The van der Waals surface area contributed by atoms with Gasteiger partial charge in [-0.3, -0.25) is 4.57 Å². The van der Waals surface area contributed by atoms with Crippen LogP contribution in [0.3, 0.4) is 0 Å². The maximum absolute atomic E-state index is 13.9. The van der Waals surface area contributed by atoms with Crippen LogP contribution in [0.5, 0.6) is 5.75 Å². The highest BCUT2D eigenvalue weighted by Gasteiger charge is 2.16. The van der Waals surface area contributed by atoms with Gasteiger partial charge in [0, 0.05) is 12.1 Å². The van der Waals surface area contributed by atoms with E-state index in [-0.39, 0.29) is 17.4 Å². The predicted octanol–water partition coefficient (Wildman–Crippen LogP) is 2.89. The minimum absolute atomic E-state index is 0.0509. The first-order valence-corrected chi connectivity index (χ1v) is 5.88. The van der Waals surface area contributed by atoms with Crippen molar-refractivity contribution in [2.75, 3.05) is 12.8 Å². The molecule has 4 nitrogen and oxygen atoms in total. The SMILES string of the molecule is COc1cc2c(cc1F)nc(N)n2-c1ccccc1F. The van der Waals surface area contributed by atoms with Crippen molar-refractivity contribution in [2.24, 2.45) is 0 Å². The first-order chi connectivity index (χ1) is 9.61. The van der Waals surface area contributed by atoms with Crippen LogP contribution in [0, 0.1) is 11.6 Å². The molecule has 0 fully saturated rings. The van der Waals surface area contributed by atoms with Gasteiger partial charge in [0.2, 0.25) is 5.95 Å². The van der Waals surface area contributed by atoms with E-state index in [9.17, 15) is 8.78 Å². The first kappa shape index (κ1) is 12.4. The number of methoxy groups -OCH3 is 1. The van der Waals surface area contributed by atoms with Crippen LogP contribution in [0.25, 0.3) is 16.7 Å². The zero-order valence-corrected chi connectivity index (χ0v) is 10.6. The van der Waals surface area contributed by atoms with Crippen LogP contribution in [0.15, 0.2) is 36.4 Å². The Hall–Kier alpha value is -2.63. The summed E-state index contributed by atoms with van der Waals surface area (Å²) in [6.07, 6.45) is 0. The van der Waals surface area contributed by atoms with Gasteiger partial charge < -0.3 is 10.5 Å². The van der Waals surface area contributed by atoms with Crippen molar-refractivity contribution in [3.8, 4) is 11.4 Å². The number of benzene rings is 2. The number of hydrogen-bond acceptors (Lipinski definition) is 3. The van der Waals surface area contributed by atoms with E-state index in [4.69, 9.17) is 10.5 Å². The number of nitrogens with zero attached hydrogens (tertiary/aromatic N) is 2. The highest BCUT2D eigenvalue weighted by molar-refractivity contribution is 5.82. The number of aromatic nitrogens is 2. The molecule has 2 N–H and O–H groups in total. The van der Waals surface area contributed by atoms with Gasteiger partial charge in [0.1, 0.15) is 5.82 Å². The maximum Gasteiger partial charge on any atom is 0.206 e. The second-order valence-corrected chi connectivity index (χ2v) is 4.23. The second-order valence-electron chi connectivity index (χ2n) is 4.23. The summed E-state index contributed by atoms with van der Waals surface area (Å²) in [5.41, 5.74) is 6.88. The molecule has 1 heterocycles. The molecule has 3 rings (SSSR count). The van der Waals surface area contributed by atoms with Gasteiger partial charge in [-0.1, -0.05) is 12.1 Å². The van der Waals surface area contributed by atoms with Crippen molar-refractivity contribution >= 4 is 17.0 Å². The van der Waals surface area contributed by atoms with Gasteiger partial charge in [-0.15, -0.1) is 0 Å². The topological polar surface area (TPSA) is 53.1 Å². The van der Waals surface area contributed by atoms with Crippen LogP contribution in [0.1, 0.15) is 0 Å². The Balaban J connectivity index is 2.36. The number of rotatable bonds is 2. The Bertz CT molecular complexity index is 798. The standard InChI is InChI=1S/C14H11F2N3O/c1-20-13-7-12-10(6-9(13)16)18-14(17)19(12)11-5-3-2-4-8(11)15/h2-7H,1H3,(H2,17,18). The van der Waals surface area contributed by atoms with Gasteiger partial charge in [-0.25, -0.2) is 13.8 Å². The zero-order chi connectivity index (χ0) is 14.3. The van der Waals surface area contributed by atoms with Crippen molar-refractivity contribution in [1.29, 1.82) is 0 Å². The quantitative estimate of drug-likeness (QED) is 0.782. The summed E-state index contributed by atoms with van der Waals surface area (Å²) in [6.45, 7) is 0. The number of imidazole rings is 1. The third-order valence-electron chi connectivity index (χ3n) is 3.05. The molecule has 1 aromatic heterocycles. The fourth-order valence-corrected chi connectivity index (χ4v) is 2.14. The van der Waals surface area contributed by atoms with E-state index in [0.717, 1.165) is 0 Å². The fourth-order valence-electron chi connectivity index (χ4n) is 2.14. The molecule has 0 unspecified atom stereocenters. The molecular formula is C14H11F2N3O. The maximum atomic E-state index is 13.9. The molecule has 0 spiro atoms. The Kier molecular flexibility index (Phi) is 2.78. The molecule has 0 bridgehead atoms. The number of hydrogen-bond donors (Lipinski definition) is 1. The molecular weight excluding hydrogens is 264 g/mol. The largest absolute Gasteiger partial charge is 0.494 e. The molecule has 20 heavy (non-hydrogen) atoms. The molecule has 0 atom stereocenters. The van der Waals surface area contributed by atoms with Gasteiger partial charge in [-0.2, -0.15) is 0 Å². The third kappa shape index (κ3) is 1.77. The van der Waals surface area contributed by atoms with Gasteiger partial charge >= 0.3 is 0 Å². The van der Waals surface area contributed by atoms with Crippen LogP contribution >= 0.6 is 0 Å². The Morgan fingerprint density at radius 2 is 1.90 bits per heavy atom. The smallest absolute Gasteiger partial charge is 0.206 e. The van der Waals surface area contributed by atoms with Crippen LogP contribution < -0.4 is 10.5 Å². The molecule has 6 heteroatoms. The highest BCUT2D eigenvalue weighted by atomic mass is 19.1. The molecule has 0 saturated carbocycles. The summed E-state index contributed by atoms with van der Waals surface area (Å²) in [7, 11) is 1.36. The number of anilines is 1. The average Bonchev–Trinajstić information content (AvgIpc) is 2.73. The molecule has 0 saturated heterocycles. The van der Waals surface area contributed by atoms with E-state index in [1.165, 1.54) is 29.9 Å². The van der Waals surface area contributed by atoms with Crippen molar-refractivity contribution in [3.05, 3.63) is 48.0 Å². The summed E-state index contributed by atoms with van der Waals surface area (Å²) in [4.78, 5) is 4.05. The number of halogens is 2. The average molecular weight is 275 g/mol. The summed E-state index contributed by atoms with van der Waals surface area (Å²) in [5.74, 6) is -0.854. The van der Waals surface area contributed by atoms with Crippen LogP contribution in [-0.2, 0) is 0 Å². The summed E-state index contributed by atoms with van der Waals surface area (Å²) < 4.78 is 33.9. The van der Waals surface area contributed by atoms with Gasteiger partial charge in [0.05, 0.1) is 23.8 Å². The van der Waals surface area contributed by atoms with Crippen LogP contribution in [0.4, 0.5) is 14.7 Å². The lowest BCUT2D eigenvalue weighted by Crippen LogP contribution is -2.02. The molecule has 0 aliphatic carbocycles. The Morgan fingerprint density at radius 3 is 2.60 bits per heavy atom. The number of nitrogen functional groups attached to an aromatic ring is 1. The van der Waals surface area contributed by atoms with E-state index in [0.29, 0.717) is 11.0 Å². The lowest BCUT2D eigenvalue weighted by Gasteiger charge is -2.08. The summed E-state index contributed by atoms with van der Waals surface area (Å²) >= 11 is 0. The van der Waals surface area contributed by atoms with Crippen LogP contribution in [0.2, 0.25) is 0 Å². The van der Waals surface area contributed by atoms with Crippen molar-refractivity contribution in [1.82, 2.24) is 9.55 Å². The van der Waals surface area contributed by atoms with Gasteiger partial charge in [0.25, 0.3) is 0 Å². The van der Waals surface area contributed by atoms with Crippen molar-refractivity contribution < 1.29 is 13.5 Å². The third-order valence-corrected chi connectivity index (χ3v) is 3.05. The molecule has 0 radical (unpaired) electrons. The van der Waals surface area contributed by atoms with Crippen LogP contribution in [-0.4, -0.2) is 16.7 Å². The number of fused-ring (bicyclic) bond motifs is 1. The summed E-state index contributed by atoms with van der Waals surface area (Å²) in [5, 5.41) is 0. The number of ether oxygens (including phenoxy) is 1. The van der Waals surface area contributed by atoms with E-state index in [1.807, 2.05) is 0 Å². The first-order valence-electron chi connectivity index (χ1n) is 5.88. The van der Waals surface area contributed by atoms with Crippen molar-refractivity contribution in [3.63, 3.8) is 0 Å². The van der Waals surface area contributed by atoms with E-state index < -0.39 is 11.6 Å². The monoisotopic (exact) mass is 275 g/mol. The second kappa shape index (κ2) is 4.48. The molecule has 0 amide bonds. The lowest BCUT2D eigenvalue weighted by molar-refractivity contribution is 0.387. The number of nitrogens with two attached hydrogens (primary N) is 1. The molecule has 3 aromatic rings. The molecule has 2 aromatic carbocycles. The zero-order valence-electron chi connectivity index (χ0n) is 10.6. The molecule has 0 aliphatic heterocycles. The van der Waals surface area contributed by atoms with Gasteiger partial charge in [-0.05, 0) is 12.1 Å². The fraction of sp³-hybridized carbons (Fsp3) is 0.0714. The summed E-state index contributed by atoms with van der Waals surface area (Å²) in [6, 6.07) is 8.81. The lowest BCUT2D eigenvalue weighted by atomic mass is 10.2. The molecule has 0 aliphatic rings. The minimum atomic E-state index is -0.543. The highest BCUT2D eigenvalue weighted by Crippen LogP contribution is 2.29. The predicted molar refractivity (Wildman–Crippen MR) is 72.0 cm³/mol. The normalized spacial score (nSPS) is 10.9. The number of para-hydroxylation sites is 1. The van der Waals surface area contributed by atoms with Gasteiger partial charge in [0.15, 0.2) is 11.6 Å². The van der Waals surface area contributed by atoms with E-state index in [2.05, 4.69) is 4.98 Å². The van der Waals surface area contributed by atoms with E-state index >= 15 is 0 Å². The van der Waals surface area contributed by atoms with E-state index in [1.54, 1.807) is 18.2 Å². The van der Waals surface area contributed by atoms with Crippen molar-refractivity contribution in [2.45, 2.75) is 0 Å². The Labute approximate surface area is 113 Å². The molecule has 102 valence electrons.